The Kier molecular flexibility index (Phi) is 4.10. The highest BCUT2D eigenvalue weighted by Crippen LogP contribution is 2.28. The van der Waals surface area contributed by atoms with Crippen molar-refractivity contribution in [1.82, 2.24) is 9.88 Å². The summed E-state index contributed by atoms with van der Waals surface area (Å²) in [6.45, 7) is 2.53. The zero-order valence-electron chi connectivity index (χ0n) is 10.1. The Labute approximate surface area is 123 Å². The molecule has 0 saturated carbocycles. The fourth-order valence-electron chi connectivity index (χ4n) is 1.94. The third kappa shape index (κ3) is 2.90. The molecule has 0 radical (unpaired) electrons. The van der Waals surface area contributed by atoms with Crippen LogP contribution in [0.3, 0.4) is 0 Å². The summed E-state index contributed by atoms with van der Waals surface area (Å²) in [6, 6.07) is 1.62. The van der Waals surface area contributed by atoms with Crippen LogP contribution in [0, 0.1) is 11.8 Å². The van der Waals surface area contributed by atoms with Gasteiger partial charge in [-0.15, -0.1) is 0 Å². The number of hydrogen-bond donors (Lipinski definition) is 1. The van der Waals surface area contributed by atoms with Gasteiger partial charge in [-0.1, -0.05) is 18.5 Å². The molecule has 1 atom stereocenters. The number of rotatable bonds is 3. The van der Waals surface area contributed by atoms with Crippen LogP contribution in [-0.2, 0) is 4.79 Å². The minimum atomic E-state index is -0.834. The molecule has 2 heterocycles. The lowest BCUT2D eigenvalue weighted by Gasteiger charge is -2.41. The van der Waals surface area contributed by atoms with Crippen molar-refractivity contribution in [3.8, 4) is 0 Å². The molecule has 1 amide bonds. The summed E-state index contributed by atoms with van der Waals surface area (Å²) in [5, 5.41) is 9.05. The lowest BCUT2D eigenvalue weighted by Crippen LogP contribution is -2.53. The van der Waals surface area contributed by atoms with Gasteiger partial charge in [-0.3, -0.25) is 9.59 Å². The Bertz CT molecular complexity index is 532. The quantitative estimate of drug-likeness (QED) is 0.852. The van der Waals surface area contributed by atoms with E-state index in [4.69, 9.17) is 16.7 Å². The largest absolute Gasteiger partial charge is 0.481 e. The van der Waals surface area contributed by atoms with E-state index >= 15 is 0 Å². The van der Waals surface area contributed by atoms with Gasteiger partial charge in [-0.25, -0.2) is 4.98 Å². The van der Waals surface area contributed by atoms with E-state index in [2.05, 4.69) is 20.9 Å². The van der Waals surface area contributed by atoms with Crippen LogP contribution >= 0.6 is 27.5 Å². The molecule has 1 saturated heterocycles. The van der Waals surface area contributed by atoms with E-state index in [1.54, 1.807) is 17.9 Å². The van der Waals surface area contributed by atoms with Gasteiger partial charge in [0.1, 0.15) is 5.15 Å². The minimum absolute atomic E-state index is 0.000313. The normalized spacial score (nSPS) is 16.9. The summed E-state index contributed by atoms with van der Waals surface area (Å²) >= 11 is 9.13. The average molecular weight is 348 g/mol. The Morgan fingerprint density at radius 3 is 2.79 bits per heavy atom. The summed E-state index contributed by atoms with van der Waals surface area (Å²) in [6.07, 6.45) is 1.52. The van der Waals surface area contributed by atoms with Crippen LogP contribution in [-0.4, -0.2) is 40.0 Å². The van der Waals surface area contributed by atoms with Crippen molar-refractivity contribution >= 4 is 39.4 Å². The first-order valence-corrected chi connectivity index (χ1v) is 6.90. The van der Waals surface area contributed by atoms with Gasteiger partial charge in [0.05, 0.1) is 11.5 Å². The molecule has 0 aromatic carbocycles. The molecule has 0 bridgehead atoms. The first-order chi connectivity index (χ1) is 8.90. The zero-order valence-corrected chi connectivity index (χ0v) is 12.5. The predicted octanol–water partition coefficient (Wildman–Crippen LogP) is 2.29. The van der Waals surface area contributed by atoms with Crippen molar-refractivity contribution in [3.63, 3.8) is 0 Å². The van der Waals surface area contributed by atoms with E-state index in [9.17, 15) is 9.59 Å². The summed E-state index contributed by atoms with van der Waals surface area (Å²) in [5.74, 6) is -1.49. The lowest BCUT2D eigenvalue weighted by molar-refractivity contribution is -0.144. The molecule has 1 aromatic heterocycles. The molecule has 1 aliphatic heterocycles. The predicted molar refractivity (Wildman–Crippen MR) is 73.1 cm³/mol. The van der Waals surface area contributed by atoms with Gasteiger partial charge in [0, 0.05) is 29.7 Å². The number of nitrogens with zero attached hydrogens (tertiary/aromatic N) is 2. The number of aliphatic carboxylic acids is 1. The van der Waals surface area contributed by atoms with Crippen LogP contribution < -0.4 is 0 Å². The fourth-order valence-corrected chi connectivity index (χ4v) is 2.45. The Hall–Kier alpha value is -1.14. The first-order valence-electron chi connectivity index (χ1n) is 5.73. The molecule has 19 heavy (non-hydrogen) atoms. The number of carboxylic acid groups (broad SMARTS) is 1. The van der Waals surface area contributed by atoms with Gasteiger partial charge in [0.15, 0.2) is 0 Å². The number of amides is 1. The Morgan fingerprint density at radius 1 is 1.58 bits per heavy atom. The van der Waals surface area contributed by atoms with Crippen molar-refractivity contribution in [2.45, 2.75) is 6.92 Å². The number of aromatic nitrogens is 1. The van der Waals surface area contributed by atoms with Crippen molar-refractivity contribution in [1.29, 1.82) is 0 Å². The highest BCUT2D eigenvalue weighted by Gasteiger charge is 2.38. The van der Waals surface area contributed by atoms with Crippen molar-refractivity contribution in [2.75, 3.05) is 13.1 Å². The fraction of sp³-hybridized carbons (Fsp3) is 0.417. The zero-order chi connectivity index (χ0) is 14.2. The number of halogens is 2. The number of carbonyl (C=O) groups excluding carboxylic acids is 1. The van der Waals surface area contributed by atoms with Crippen LogP contribution in [0.1, 0.15) is 17.3 Å². The number of carbonyl (C=O) groups is 2. The second-order valence-electron chi connectivity index (χ2n) is 4.59. The summed E-state index contributed by atoms with van der Waals surface area (Å²) in [4.78, 5) is 28.5. The number of carboxylic acids is 1. The summed E-state index contributed by atoms with van der Waals surface area (Å²) in [7, 11) is 0. The lowest BCUT2D eigenvalue weighted by atomic mass is 9.87. The topological polar surface area (TPSA) is 70.5 Å². The van der Waals surface area contributed by atoms with E-state index in [0.717, 1.165) is 0 Å². The number of pyridine rings is 1. The molecule has 1 aromatic rings. The second-order valence-corrected chi connectivity index (χ2v) is 5.86. The molecule has 2 rings (SSSR count). The standard InChI is InChI=1S/C12H12BrClN2O3/c1-6(12(18)19)7-4-16(5-7)11(17)9-2-8(13)3-15-10(9)14/h2-3,6-7H,4-5H2,1H3,(H,18,19). The number of hydrogen-bond acceptors (Lipinski definition) is 3. The van der Waals surface area contributed by atoms with Crippen LogP contribution in [0.15, 0.2) is 16.7 Å². The average Bonchev–Trinajstić information content (AvgIpc) is 2.29. The molecular formula is C12H12BrClN2O3. The van der Waals surface area contributed by atoms with Crippen molar-refractivity contribution in [3.05, 3.63) is 27.5 Å². The number of likely N-dealkylation sites (tertiary alicyclic amines) is 1. The molecule has 1 N–H and O–H groups in total. The van der Waals surface area contributed by atoms with Crippen LogP contribution in [0.5, 0.6) is 0 Å². The van der Waals surface area contributed by atoms with Crippen molar-refractivity contribution in [2.24, 2.45) is 11.8 Å². The van der Waals surface area contributed by atoms with Gasteiger partial charge >= 0.3 is 5.97 Å². The summed E-state index contributed by atoms with van der Waals surface area (Å²) < 4.78 is 0.677. The Balaban J connectivity index is 2.04. The van der Waals surface area contributed by atoms with Gasteiger partial charge in [0.25, 0.3) is 5.91 Å². The summed E-state index contributed by atoms with van der Waals surface area (Å²) in [5.41, 5.74) is 0.331. The van der Waals surface area contributed by atoms with Gasteiger partial charge in [0.2, 0.25) is 0 Å². The minimum Gasteiger partial charge on any atom is -0.481 e. The molecule has 5 nitrogen and oxygen atoms in total. The van der Waals surface area contributed by atoms with Gasteiger partial charge in [-0.05, 0) is 22.0 Å². The molecule has 1 aliphatic rings. The molecule has 102 valence electrons. The molecule has 7 heteroatoms. The molecule has 0 spiro atoms. The first kappa shape index (κ1) is 14.3. The molecule has 0 aliphatic carbocycles. The van der Waals surface area contributed by atoms with Crippen LogP contribution in [0.2, 0.25) is 5.15 Å². The van der Waals surface area contributed by atoms with Crippen molar-refractivity contribution < 1.29 is 14.7 Å². The van der Waals surface area contributed by atoms with Gasteiger partial charge in [-0.2, -0.15) is 0 Å². The van der Waals surface area contributed by atoms with E-state index in [-0.39, 0.29) is 17.0 Å². The third-order valence-corrected chi connectivity index (χ3v) is 4.06. The Morgan fingerprint density at radius 2 is 2.21 bits per heavy atom. The maximum Gasteiger partial charge on any atom is 0.306 e. The SMILES string of the molecule is CC(C(=O)O)C1CN(C(=O)c2cc(Br)cnc2Cl)C1. The monoisotopic (exact) mass is 346 g/mol. The van der Waals surface area contributed by atoms with E-state index in [0.29, 0.717) is 23.1 Å². The van der Waals surface area contributed by atoms with E-state index < -0.39 is 11.9 Å². The maximum absolute atomic E-state index is 12.2. The third-order valence-electron chi connectivity index (χ3n) is 3.33. The molecular weight excluding hydrogens is 336 g/mol. The van der Waals surface area contributed by atoms with Gasteiger partial charge < -0.3 is 10.0 Å². The second kappa shape index (κ2) is 5.46. The highest BCUT2D eigenvalue weighted by atomic mass is 79.9. The van der Waals surface area contributed by atoms with E-state index in [1.165, 1.54) is 6.20 Å². The molecule has 1 unspecified atom stereocenters. The van der Waals surface area contributed by atoms with Crippen LogP contribution in [0.25, 0.3) is 0 Å². The van der Waals surface area contributed by atoms with Crippen LogP contribution in [0.4, 0.5) is 0 Å². The highest BCUT2D eigenvalue weighted by molar-refractivity contribution is 9.10. The van der Waals surface area contributed by atoms with E-state index in [1.807, 2.05) is 0 Å². The smallest absolute Gasteiger partial charge is 0.306 e. The maximum atomic E-state index is 12.2. The molecule has 1 fully saturated rings.